The van der Waals surface area contributed by atoms with E-state index in [1.165, 1.54) is 12.1 Å². The van der Waals surface area contributed by atoms with Gasteiger partial charge in [0, 0.05) is 16.7 Å². The van der Waals surface area contributed by atoms with Gasteiger partial charge in [-0.25, -0.2) is 4.39 Å². The summed E-state index contributed by atoms with van der Waals surface area (Å²) in [5.41, 5.74) is 5.96. The van der Waals surface area contributed by atoms with Crippen LogP contribution in [0.25, 0.3) is 0 Å². The van der Waals surface area contributed by atoms with Crippen LogP contribution < -0.4 is 5.73 Å². The molecular formula is C13H18FNS. The second-order valence-corrected chi connectivity index (χ2v) is 4.84. The molecule has 1 aromatic rings. The normalized spacial score (nSPS) is 12.4. The predicted molar refractivity (Wildman–Crippen MR) is 69.1 cm³/mol. The number of thioether (sulfide) groups is 1. The second kappa shape index (κ2) is 7.47. The smallest absolute Gasteiger partial charge is 0.123 e. The van der Waals surface area contributed by atoms with Gasteiger partial charge in [0.05, 0.1) is 0 Å². The van der Waals surface area contributed by atoms with Crippen molar-refractivity contribution in [3.05, 3.63) is 42.7 Å². The number of hydrogen-bond donors (Lipinski definition) is 1. The number of rotatable bonds is 7. The van der Waals surface area contributed by atoms with Gasteiger partial charge in [-0.1, -0.05) is 6.08 Å². The topological polar surface area (TPSA) is 26.0 Å². The highest BCUT2D eigenvalue weighted by Gasteiger charge is 2.03. The number of unbranched alkanes of at least 4 members (excludes halogenated alkanes) is 1. The maximum absolute atomic E-state index is 12.6. The first-order valence-corrected chi connectivity index (χ1v) is 6.46. The van der Waals surface area contributed by atoms with Gasteiger partial charge in [0.1, 0.15) is 5.82 Å². The summed E-state index contributed by atoms with van der Waals surface area (Å²) in [6.07, 6.45) is 5.05. The summed E-state index contributed by atoms with van der Waals surface area (Å²) in [4.78, 5) is 1.07. The Morgan fingerprint density at radius 1 is 1.38 bits per heavy atom. The quantitative estimate of drug-likeness (QED) is 0.447. The van der Waals surface area contributed by atoms with Gasteiger partial charge < -0.3 is 5.73 Å². The molecule has 1 unspecified atom stereocenters. The molecule has 1 aromatic carbocycles. The molecule has 0 saturated heterocycles. The number of benzene rings is 1. The van der Waals surface area contributed by atoms with Crippen molar-refractivity contribution in [1.29, 1.82) is 0 Å². The van der Waals surface area contributed by atoms with Crippen molar-refractivity contribution < 1.29 is 4.39 Å². The van der Waals surface area contributed by atoms with E-state index < -0.39 is 0 Å². The minimum Gasteiger partial charge on any atom is -0.327 e. The van der Waals surface area contributed by atoms with Crippen LogP contribution in [0.5, 0.6) is 0 Å². The summed E-state index contributed by atoms with van der Waals surface area (Å²) >= 11 is 1.68. The van der Waals surface area contributed by atoms with Crippen LogP contribution in [0.4, 0.5) is 4.39 Å². The lowest BCUT2D eigenvalue weighted by atomic mass is 10.1. The lowest BCUT2D eigenvalue weighted by molar-refractivity contribution is 0.626. The van der Waals surface area contributed by atoms with Gasteiger partial charge in [-0.2, -0.15) is 0 Å². The molecule has 0 aliphatic heterocycles. The standard InChI is InChI=1S/C13H18FNS/c1-2-3-4-5-12(15)10-16-13-8-6-11(14)7-9-13/h2,6-9,12H,1,3-5,10,15H2. The van der Waals surface area contributed by atoms with Crippen LogP contribution in [0.1, 0.15) is 19.3 Å². The molecule has 0 aliphatic carbocycles. The van der Waals surface area contributed by atoms with Gasteiger partial charge in [-0.05, 0) is 43.5 Å². The molecule has 0 heterocycles. The maximum atomic E-state index is 12.6. The summed E-state index contributed by atoms with van der Waals surface area (Å²) < 4.78 is 12.6. The molecule has 0 spiro atoms. The molecule has 0 aromatic heterocycles. The minimum atomic E-state index is -0.195. The van der Waals surface area contributed by atoms with Crippen LogP contribution in [-0.4, -0.2) is 11.8 Å². The van der Waals surface area contributed by atoms with E-state index in [0.717, 1.165) is 29.9 Å². The van der Waals surface area contributed by atoms with Crippen molar-refractivity contribution in [2.75, 3.05) is 5.75 Å². The van der Waals surface area contributed by atoms with E-state index in [1.807, 2.05) is 6.08 Å². The van der Waals surface area contributed by atoms with Crippen molar-refractivity contribution >= 4 is 11.8 Å². The zero-order valence-electron chi connectivity index (χ0n) is 9.36. The molecule has 0 fully saturated rings. The third-order valence-corrected chi connectivity index (χ3v) is 3.46. The Balaban J connectivity index is 2.23. The molecule has 0 aliphatic rings. The molecule has 3 heteroatoms. The minimum absolute atomic E-state index is 0.195. The van der Waals surface area contributed by atoms with Gasteiger partial charge in [0.2, 0.25) is 0 Å². The van der Waals surface area contributed by atoms with Crippen LogP contribution in [-0.2, 0) is 0 Å². The van der Waals surface area contributed by atoms with Crippen molar-refractivity contribution in [2.45, 2.75) is 30.2 Å². The van der Waals surface area contributed by atoms with E-state index >= 15 is 0 Å². The van der Waals surface area contributed by atoms with E-state index in [9.17, 15) is 4.39 Å². The molecule has 1 atom stereocenters. The Bertz CT molecular complexity index is 310. The Morgan fingerprint density at radius 2 is 2.06 bits per heavy atom. The number of hydrogen-bond acceptors (Lipinski definition) is 2. The first-order chi connectivity index (χ1) is 7.72. The summed E-state index contributed by atoms with van der Waals surface area (Å²) in [5, 5.41) is 0. The second-order valence-electron chi connectivity index (χ2n) is 3.74. The van der Waals surface area contributed by atoms with E-state index in [4.69, 9.17) is 5.73 Å². The Morgan fingerprint density at radius 3 is 2.69 bits per heavy atom. The number of nitrogens with two attached hydrogens (primary N) is 1. The van der Waals surface area contributed by atoms with Crippen LogP contribution in [0.15, 0.2) is 41.8 Å². The number of allylic oxidation sites excluding steroid dienone is 1. The van der Waals surface area contributed by atoms with Crippen LogP contribution in [0, 0.1) is 5.82 Å². The van der Waals surface area contributed by atoms with E-state index in [-0.39, 0.29) is 11.9 Å². The summed E-state index contributed by atoms with van der Waals surface area (Å²) in [6.45, 7) is 3.68. The van der Waals surface area contributed by atoms with Crippen molar-refractivity contribution in [2.24, 2.45) is 5.73 Å². The van der Waals surface area contributed by atoms with Crippen LogP contribution in [0.3, 0.4) is 0 Å². The summed E-state index contributed by atoms with van der Waals surface area (Å²) in [6, 6.07) is 6.74. The fraction of sp³-hybridized carbons (Fsp3) is 0.385. The molecule has 0 radical (unpaired) electrons. The Labute approximate surface area is 101 Å². The highest BCUT2D eigenvalue weighted by molar-refractivity contribution is 7.99. The van der Waals surface area contributed by atoms with Crippen LogP contribution in [0.2, 0.25) is 0 Å². The van der Waals surface area contributed by atoms with Gasteiger partial charge in [0.25, 0.3) is 0 Å². The zero-order valence-corrected chi connectivity index (χ0v) is 10.2. The predicted octanol–water partition coefficient (Wildman–Crippen LogP) is 3.60. The van der Waals surface area contributed by atoms with Gasteiger partial charge in [-0.3, -0.25) is 0 Å². The Hall–Kier alpha value is -0.800. The fourth-order valence-corrected chi connectivity index (χ4v) is 2.24. The first-order valence-electron chi connectivity index (χ1n) is 5.47. The highest BCUT2D eigenvalue weighted by Crippen LogP contribution is 2.19. The average Bonchev–Trinajstić information content (AvgIpc) is 2.29. The third kappa shape index (κ3) is 5.33. The summed E-state index contributed by atoms with van der Waals surface area (Å²) in [5.74, 6) is 0.683. The number of halogens is 1. The molecule has 0 bridgehead atoms. The zero-order chi connectivity index (χ0) is 11.8. The van der Waals surface area contributed by atoms with E-state index in [1.54, 1.807) is 23.9 Å². The summed E-state index contributed by atoms with van der Waals surface area (Å²) in [7, 11) is 0. The van der Waals surface area contributed by atoms with Crippen molar-refractivity contribution in [3.63, 3.8) is 0 Å². The lowest BCUT2D eigenvalue weighted by Gasteiger charge is -2.10. The van der Waals surface area contributed by atoms with Crippen molar-refractivity contribution in [3.8, 4) is 0 Å². The fourth-order valence-electron chi connectivity index (χ4n) is 1.34. The van der Waals surface area contributed by atoms with Gasteiger partial charge >= 0.3 is 0 Å². The van der Waals surface area contributed by atoms with E-state index in [0.29, 0.717) is 0 Å². The molecule has 2 N–H and O–H groups in total. The monoisotopic (exact) mass is 239 g/mol. The molecular weight excluding hydrogens is 221 g/mol. The van der Waals surface area contributed by atoms with Crippen molar-refractivity contribution in [1.82, 2.24) is 0 Å². The van der Waals surface area contributed by atoms with Crippen LogP contribution >= 0.6 is 11.8 Å². The van der Waals surface area contributed by atoms with Gasteiger partial charge in [0.15, 0.2) is 0 Å². The maximum Gasteiger partial charge on any atom is 0.123 e. The largest absolute Gasteiger partial charge is 0.327 e. The van der Waals surface area contributed by atoms with Gasteiger partial charge in [-0.15, -0.1) is 18.3 Å². The molecule has 0 saturated carbocycles. The molecule has 1 rings (SSSR count). The molecule has 88 valence electrons. The molecule has 16 heavy (non-hydrogen) atoms. The van der Waals surface area contributed by atoms with E-state index in [2.05, 4.69) is 6.58 Å². The highest BCUT2D eigenvalue weighted by atomic mass is 32.2. The third-order valence-electron chi connectivity index (χ3n) is 2.26. The SMILES string of the molecule is C=CCCCC(N)CSc1ccc(F)cc1. The first kappa shape index (κ1) is 13.3. The average molecular weight is 239 g/mol. The molecule has 0 amide bonds. The lowest BCUT2D eigenvalue weighted by Crippen LogP contribution is -2.22. The Kier molecular flexibility index (Phi) is 6.19. The molecule has 1 nitrogen and oxygen atoms in total.